The number of para-hydroxylation sites is 2. The van der Waals surface area contributed by atoms with Crippen LogP contribution in [-0.2, 0) is 14.3 Å². The summed E-state index contributed by atoms with van der Waals surface area (Å²) >= 11 is 0. The first-order chi connectivity index (χ1) is 29.8. The number of amides is 2. The molecule has 5 aromatic carbocycles. The average Bonchev–Trinajstić information content (AvgIpc) is 3.81. The number of carbonyl (C=O) groups is 2. The lowest BCUT2D eigenvalue weighted by molar-refractivity contribution is -0.385. The molecule has 20 heteroatoms. The molecule has 0 spiro atoms. The van der Waals surface area contributed by atoms with Crippen LogP contribution in [0.5, 0.6) is 5.75 Å². The SMILES string of the molecule is O=C1C(C(C2C(=O)N(c3ccccc3)N=C2c2ccc([N+](=O)[O-])cc2)C2O[C@@H](Oc3ccc([N+](=O)[O-])cc3)C(O)[C@@H](O)[C@H]2O)C(c2ccc([N+](=O)[O-])cc2)=NN1c1ccccc1. The number of non-ortho nitro benzene ring substituents is 3. The van der Waals surface area contributed by atoms with Crippen molar-refractivity contribution < 1.29 is 49.2 Å². The number of hydrazone groups is 2. The highest BCUT2D eigenvalue weighted by Gasteiger charge is 2.59. The summed E-state index contributed by atoms with van der Waals surface area (Å²) in [5.74, 6) is -6.38. The highest BCUT2D eigenvalue weighted by atomic mass is 16.7. The van der Waals surface area contributed by atoms with E-state index in [1.807, 2.05) is 0 Å². The van der Waals surface area contributed by atoms with E-state index in [4.69, 9.17) is 19.7 Å². The van der Waals surface area contributed by atoms with E-state index in [1.54, 1.807) is 60.7 Å². The Hall–Kier alpha value is -7.78. The van der Waals surface area contributed by atoms with Crippen molar-refractivity contribution in [3.8, 4) is 5.75 Å². The van der Waals surface area contributed by atoms with E-state index >= 15 is 9.59 Å². The van der Waals surface area contributed by atoms with Gasteiger partial charge in [-0.3, -0.25) is 39.9 Å². The molecule has 1 saturated heterocycles. The summed E-state index contributed by atoms with van der Waals surface area (Å²) in [6, 6.07) is 31.3. The molecule has 8 rings (SSSR count). The minimum atomic E-state index is -2.06. The molecular weight excluding hydrogens is 810 g/mol. The Morgan fingerprint density at radius 1 is 0.548 bits per heavy atom. The largest absolute Gasteiger partial charge is 0.462 e. The second kappa shape index (κ2) is 16.7. The predicted octanol–water partition coefficient (Wildman–Crippen LogP) is 4.35. The number of aliphatic hydroxyl groups is 3. The summed E-state index contributed by atoms with van der Waals surface area (Å²) in [5, 5.41) is 81.0. The molecule has 7 atom stereocenters. The minimum Gasteiger partial charge on any atom is -0.462 e. The minimum absolute atomic E-state index is 0.0305. The van der Waals surface area contributed by atoms with Crippen LogP contribution < -0.4 is 14.8 Å². The predicted molar refractivity (Wildman–Crippen MR) is 218 cm³/mol. The second-order valence-corrected chi connectivity index (χ2v) is 14.4. The van der Waals surface area contributed by atoms with Crippen LogP contribution in [0.1, 0.15) is 11.1 Å². The Morgan fingerprint density at radius 3 is 1.32 bits per heavy atom. The van der Waals surface area contributed by atoms with Gasteiger partial charge in [0.2, 0.25) is 6.29 Å². The molecule has 3 aliphatic heterocycles. The lowest BCUT2D eigenvalue weighted by atomic mass is 9.69. The topological polar surface area (TPSA) is 274 Å². The molecule has 62 heavy (non-hydrogen) atoms. The monoisotopic (exact) mass is 843 g/mol. The number of benzene rings is 5. The Labute approximate surface area is 349 Å². The molecule has 0 aliphatic carbocycles. The third kappa shape index (κ3) is 7.60. The van der Waals surface area contributed by atoms with E-state index in [0.29, 0.717) is 0 Å². The number of nitrogens with zero attached hydrogens (tertiary/aromatic N) is 7. The van der Waals surface area contributed by atoms with Gasteiger partial charge in [-0.15, -0.1) is 0 Å². The van der Waals surface area contributed by atoms with Crippen LogP contribution in [0, 0.1) is 48.1 Å². The van der Waals surface area contributed by atoms with Crippen molar-refractivity contribution in [2.24, 2.45) is 28.0 Å². The number of aliphatic hydroxyl groups excluding tert-OH is 3. The van der Waals surface area contributed by atoms with E-state index in [-0.39, 0.29) is 56.7 Å². The summed E-state index contributed by atoms with van der Waals surface area (Å²) in [4.78, 5) is 63.2. The second-order valence-electron chi connectivity index (χ2n) is 14.4. The molecule has 20 nitrogen and oxygen atoms in total. The van der Waals surface area contributed by atoms with Crippen molar-refractivity contribution in [1.29, 1.82) is 0 Å². The van der Waals surface area contributed by atoms with Gasteiger partial charge in [0.25, 0.3) is 28.9 Å². The number of rotatable bonds is 12. The summed E-state index contributed by atoms with van der Waals surface area (Å²) < 4.78 is 12.3. The van der Waals surface area contributed by atoms with Crippen molar-refractivity contribution in [2.75, 3.05) is 10.0 Å². The number of hydrogen-bond donors (Lipinski definition) is 3. The zero-order valence-electron chi connectivity index (χ0n) is 31.9. The lowest BCUT2D eigenvalue weighted by Gasteiger charge is -2.45. The number of carbonyl (C=O) groups excluding carboxylic acids is 2. The Balaban J connectivity index is 1.33. The molecule has 4 unspecified atom stereocenters. The van der Waals surface area contributed by atoms with Crippen molar-refractivity contribution in [3.63, 3.8) is 0 Å². The molecular formula is C42H33N7O13. The van der Waals surface area contributed by atoms with E-state index in [2.05, 4.69) is 0 Å². The maximum Gasteiger partial charge on any atom is 0.269 e. The van der Waals surface area contributed by atoms with Crippen LogP contribution in [0.25, 0.3) is 0 Å². The fourth-order valence-corrected chi connectivity index (χ4v) is 7.76. The Morgan fingerprint density at radius 2 is 0.935 bits per heavy atom. The molecule has 0 bridgehead atoms. The van der Waals surface area contributed by atoms with Crippen LogP contribution in [0.4, 0.5) is 28.4 Å². The van der Waals surface area contributed by atoms with Crippen molar-refractivity contribution >= 4 is 51.7 Å². The molecule has 2 amide bonds. The smallest absolute Gasteiger partial charge is 0.269 e. The van der Waals surface area contributed by atoms with Crippen LogP contribution in [0.3, 0.4) is 0 Å². The van der Waals surface area contributed by atoms with E-state index in [1.165, 1.54) is 60.7 Å². The zero-order chi connectivity index (χ0) is 43.8. The quantitative estimate of drug-likeness (QED) is 0.117. The Bertz CT molecular complexity index is 2460. The van der Waals surface area contributed by atoms with Gasteiger partial charge in [-0.25, -0.2) is 0 Å². The number of anilines is 2. The third-order valence-corrected chi connectivity index (χ3v) is 10.8. The fourth-order valence-electron chi connectivity index (χ4n) is 7.76. The van der Waals surface area contributed by atoms with Crippen LogP contribution in [0.15, 0.2) is 144 Å². The Kier molecular flexibility index (Phi) is 11.0. The molecule has 3 N–H and O–H groups in total. The van der Waals surface area contributed by atoms with E-state index < -0.39 is 75.0 Å². The van der Waals surface area contributed by atoms with Gasteiger partial charge in [-0.2, -0.15) is 20.2 Å². The van der Waals surface area contributed by atoms with Gasteiger partial charge in [0.05, 0.1) is 55.5 Å². The summed E-state index contributed by atoms with van der Waals surface area (Å²) in [6.45, 7) is 0. The van der Waals surface area contributed by atoms with Crippen molar-refractivity contribution in [3.05, 3.63) is 175 Å². The number of ether oxygens (including phenoxy) is 2. The van der Waals surface area contributed by atoms with Crippen LogP contribution in [0.2, 0.25) is 0 Å². The van der Waals surface area contributed by atoms with Gasteiger partial charge in [0, 0.05) is 42.3 Å². The molecule has 5 aromatic rings. The van der Waals surface area contributed by atoms with Crippen LogP contribution in [-0.4, -0.2) is 84.0 Å². The molecule has 3 heterocycles. The normalized spacial score (nSPS) is 24.0. The maximum absolute atomic E-state index is 15.2. The van der Waals surface area contributed by atoms with Crippen molar-refractivity contribution in [1.82, 2.24) is 0 Å². The lowest BCUT2D eigenvalue weighted by Crippen LogP contribution is -2.64. The first-order valence-corrected chi connectivity index (χ1v) is 18.9. The first-order valence-electron chi connectivity index (χ1n) is 18.9. The van der Waals surface area contributed by atoms with Gasteiger partial charge in [0.1, 0.15) is 24.1 Å². The molecule has 0 saturated carbocycles. The van der Waals surface area contributed by atoms with Gasteiger partial charge in [-0.1, -0.05) is 36.4 Å². The van der Waals surface area contributed by atoms with Crippen LogP contribution >= 0.6 is 0 Å². The van der Waals surface area contributed by atoms with Gasteiger partial charge < -0.3 is 24.8 Å². The van der Waals surface area contributed by atoms with E-state index in [9.17, 15) is 45.7 Å². The highest BCUT2D eigenvalue weighted by molar-refractivity contribution is 6.25. The molecule has 1 fully saturated rings. The third-order valence-electron chi connectivity index (χ3n) is 10.8. The fraction of sp³-hybridized carbons (Fsp3) is 0.190. The van der Waals surface area contributed by atoms with E-state index in [0.717, 1.165) is 22.2 Å². The molecule has 0 radical (unpaired) electrons. The molecule has 0 aromatic heterocycles. The summed E-state index contributed by atoms with van der Waals surface area (Å²) in [7, 11) is 0. The highest BCUT2D eigenvalue weighted by Crippen LogP contribution is 2.45. The molecule has 314 valence electrons. The maximum atomic E-state index is 15.2. The first kappa shape index (κ1) is 41.0. The summed E-state index contributed by atoms with van der Waals surface area (Å²) in [5.41, 5.74) is 0.0574. The number of nitro benzene ring substituents is 3. The standard InChI is InChI=1S/C42H33N7O13/c50-36-37(51)39(62-42(38(36)52)61-30-21-19-29(20-22-30)49(59)60)31(32-34(23-11-15-27(16-12-23)47(55)56)43-45(40(32)53)25-7-3-1-4-8-25)33-35(24-13-17-28(18-14-24)48(57)58)44-46(41(33)54)26-9-5-2-6-10-26/h1-22,31-33,36-39,42,50-52H/t31?,32?,33?,36-,37+,38?,39?,42+/m0/s1. The molecule has 3 aliphatic rings. The van der Waals surface area contributed by atoms with Gasteiger partial charge in [-0.05, 0) is 71.8 Å². The van der Waals surface area contributed by atoms with Gasteiger partial charge in [0.15, 0.2) is 0 Å². The number of hydrogen-bond acceptors (Lipinski definition) is 15. The number of nitro groups is 3. The zero-order valence-corrected chi connectivity index (χ0v) is 31.9. The van der Waals surface area contributed by atoms with Gasteiger partial charge >= 0.3 is 0 Å². The summed E-state index contributed by atoms with van der Waals surface area (Å²) in [6.07, 6.45) is -9.70. The van der Waals surface area contributed by atoms with Crippen molar-refractivity contribution in [2.45, 2.75) is 30.7 Å². The average molecular weight is 844 g/mol.